The molecule has 0 aromatic carbocycles. The Morgan fingerprint density at radius 1 is 0.917 bits per heavy atom. The highest BCUT2D eigenvalue weighted by molar-refractivity contribution is 8.00. The first kappa shape index (κ1) is 8.89. The maximum atomic E-state index is 3.44. The molecule has 12 heavy (non-hydrogen) atoms. The highest BCUT2D eigenvalue weighted by atomic mass is 32.2. The predicted molar refractivity (Wildman–Crippen MR) is 55.7 cm³/mol. The van der Waals surface area contributed by atoms with E-state index in [1.807, 2.05) is 0 Å². The second kappa shape index (κ2) is 4.52. The zero-order valence-corrected chi connectivity index (χ0v) is 8.54. The van der Waals surface area contributed by atoms with Crippen molar-refractivity contribution in [3.63, 3.8) is 0 Å². The summed E-state index contributed by atoms with van der Waals surface area (Å²) in [6.07, 6.45) is 8.83. The van der Waals surface area contributed by atoms with Crippen molar-refractivity contribution in [3.8, 4) is 0 Å². The van der Waals surface area contributed by atoms with Crippen LogP contribution in [-0.4, -0.2) is 23.6 Å². The Balaban J connectivity index is 1.69. The number of thioether (sulfide) groups is 1. The van der Waals surface area contributed by atoms with Crippen molar-refractivity contribution in [2.45, 2.75) is 49.0 Å². The molecule has 0 aromatic heterocycles. The molecule has 1 nitrogen and oxygen atoms in total. The van der Waals surface area contributed by atoms with Gasteiger partial charge in [0.1, 0.15) is 0 Å². The van der Waals surface area contributed by atoms with Crippen LogP contribution in [0, 0.1) is 0 Å². The summed E-state index contributed by atoms with van der Waals surface area (Å²) in [5, 5.41) is 5.38. The van der Waals surface area contributed by atoms with E-state index in [4.69, 9.17) is 0 Å². The van der Waals surface area contributed by atoms with Gasteiger partial charge in [0.15, 0.2) is 0 Å². The lowest BCUT2D eigenvalue weighted by Gasteiger charge is -2.23. The van der Waals surface area contributed by atoms with E-state index in [0.717, 1.165) is 10.5 Å². The summed E-state index contributed by atoms with van der Waals surface area (Å²) in [4.78, 5) is 0. The summed E-state index contributed by atoms with van der Waals surface area (Å²) < 4.78 is 0. The molecular formula is C10H19NS. The lowest BCUT2D eigenvalue weighted by Crippen LogP contribution is -2.16. The molecule has 0 radical (unpaired) electrons. The zero-order valence-electron chi connectivity index (χ0n) is 7.72. The van der Waals surface area contributed by atoms with Crippen molar-refractivity contribution in [3.05, 3.63) is 0 Å². The maximum absolute atomic E-state index is 3.44. The molecule has 2 heteroatoms. The molecule has 1 aliphatic heterocycles. The van der Waals surface area contributed by atoms with E-state index in [0.29, 0.717) is 0 Å². The maximum Gasteiger partial charge on any atom is 0.0187 e. The standard InChI is InChI=1S/C10H19NS/c1-2-4-9(5-3-1)12-10-6-7-11-8-10/h9-11H,1-8H2. The van der Waals surface area contributed by atoms with Gasteiger partial charge in [-0.2, -0.15) is 11.8 Å². The minimum Gasteiger partial charge on any atom is -0.316 e. The van der Waals surface area contributed by atoms with Crippen molar-refractivity contribution in [1.82, 2.24) is 5.32 Å². The van der Waals surface area contributed by atoms with E-state index in [1.54, 1.807) is 0 Å². The van der Waals surface area contributed by atoms with E-state index >= 15 is 0 Å². The average Bonchev–Trinajstić information content (AvgIpc) is 2.59. The summed E-state index contributed by atoms with van der Waals surface area (Å²) in [5.41, 5.74) is 0. The first-order valence-corrected chi connectivity index (χ1v) is 6.25. The van der Waals surface area contributed by atoms with Crippen LogP contribution < -0.4 is 5.32 Å². The molecule has 0 bridgehead atoms. The Labute approximate surface area is 79.7 Å². The summed E-state index contributed by atoms with van der Waals surface area (Å²) in [6.45, 7) is 2.52. The van der Waals surface area contributed by atoms with Gasteiger partial charge in [0.2, 0.25) is 0 Å². The molecule has 2 fully saturated rings. The quantitative estimate of drug-likeness (QED) is 0.709. The highest BCUT2D eigenvalue weighted by Gasteiger charge is 2.21. The van der Waals surface area contributed by atoms with Crippen LogP contribution >= 0.6 is 11.8 Å². The van der Waals surface area contributed by atoms with E-state index in [2.05, 4.69) is 17.1 Å². The van der Waals surface area contributed by atoms with Gasteiger partial charge in [-0.25, -0.2) is 0 Å². The van der Waals surface area contributed by atoms with Crippen LogP contribution in [0.1, 0.15) is 38.5 Å². The van der Waals surface area contributed by atoms with Gasteiger partial charge in [-0.3, -0.25) is 0 Å². The fourth-order valence-electron chi connectivity index (χ4n) is 2.22. The largest absolute Gasteiger partial charge is 0.316 e. The summed E-state index contributed by atoms with van der Waals surface area (Å²) in [7, 11) is 0. The monoisotopic (exact) mass is 185 g/mol. The van der Waals surface area contributed by atoms with E-state index in [-0.39, 0.29) is 0 Å². The molecule has 1 aliphatic carbocycles. The molecule has 1 saturated heterocycles. The minimum absolute atomic E-state index is 0.938. The van der Waals surface area contributed by atoms with Crippen molar-refractivity contribution >= 4 is 11.8 Å². The lowest BCUT2D eigenvalue weighted by atomic mass is 10.0. The predicted octanol–water partition coefficient (Wildman–Crippen LogP) is 2.41. The summed E-state index contributed by atoms with van der Waals surface area (Å²) in [6, 6.07) is 0. The second-order valence-corrected chi connectivity index (χ2v) is 5.62. The topological polar surface area (TPSA) is 12.0 Å². The molecule has 1 N–H and O–H groups in total. The molecule has 2 aliphatic rings. The molecule has 1 heterocycles. The fourth-order valence-corrected chi connectivity index (χ4v) is 3.84. The molecule has 70 valence electrons. The molecular weight excluding hydrogens is 166 g/mol. The Morgan fingerprint density at radius 3 is 2.42 bits per heavy atom. The molecule has 2 rings (SSSR count). The van der Waals surface area contributed by atoms with Crippen LogP contribution in [0.2, 0.25) is 0 Å². The summed E-state index contributed by atoms with van der Waals surface area (Å²) in [5.74, 6) is 0. The van der Waals surface area contributed by atoms with Gasteiger partial charge in [-0.05, 0) is 25.8 Å². The molecule has 1 atom stereocenters. The minimum atomic E-state index is 0.938. The Bertz CT molecular complexity index is 126. The van der Waals surface area contributed by atoms with Crippen molar-refractivity contribution in [2.75, 3.05) is 13.1 Å². The van der Waals surface area contributed by atoms with Crippen LogP contribution in [0.5, 0.6) is 0 Å². The lowest BCUT2D eigenvalue weighted by molar-refractivity contribution is 0.515. The first-order chi connectivity index (χ1) is 5.95. The third kappa shape index (κ3) is 2.40. The van der Waals surface area contributed by atoms with E-state index < -0.39 is 0 Å². The van der Waals surface area contributed by atoms with Gasteiger partial charge in [0.05, 0.1) is 0 Å². The average molecular weight is 185 g/mol. The molecule has 0 amide bonds. The van der Waals surface area contributed by atoms with Crippen molar-refractivity contribution in [2.24, 2.45) is 0 Å². The molecule has 1 saturated carbocycles. The van der Waals surface area contributed by atoms with Crippen LogP contribution in [0.3, 0.4) is 0 Å². The number of rotatable bonds is 2. The zero-order chi connectivity index (χ0) is 8.23. The number of hydrogen-bond acceptors (Lipinski definition) is 2. The molecule has 0 aromatic rings. The van der Waals surface area contributed by atoms with Gasteiger partial charge in [0, 0.05) is 17.0 Å². The van der Waals surface area contributed by atoms with Gasteiger partial charge in [0.25, 0.3) is 0 Å². The highest BCUT2D eigenvalue weighted by Crippen LogP contribution is 2.32. The van der Waals surface area contributed by atoms with Gasteiger partial charge >= 0.3 is 0 Å². The van der Waals surface area contributed by atoms with Crippen molar-refractivity contribution in [1.29, 1.82) is 0 Å². The van der Waals surface area contributed by atoms with Crippen LogP contribution in [-0.2, 0) is 0 Å². The number of nitrogens with one attached hydrogen (secondary N) is 1. The second-order valence-electron chi connectivity index (χ2n) is 4.01. The SMILES string of the molecule is C1CCC(SC2CCNC2)CC1. The van der Waals surface area contributed by atoms with Crippen LogP contribution in [0.25, 0.3) is 0 Å². The molecule has 1 unspecified atom stereocenters. The van der Waals surface area contributed by atoms with Crippen molar-refractivity contribution < 1.29 is 0 Å². The van der Waals surface area contributed by atoms with Gasteiger partial charge in [-0.1, -0.05) is 19.3 Å². The Morgan fingerprint density at radius 2 is 1.75 bits per heavy atom. The Kier molecular flexibility index (Phi) is 3.35. The molecule has 0 spiro atoms. The van der Waals surface area contributed by atoms with Crippen LogP contribution in [0.15, 0.2) is 0 Å². The third-order valence-electron chi connectivity index (χ3n) is 2.95. The fraction of sp³-hybridized carbons (Fsp3) is 1.00. The third-order valence-corrected chi connectivity index (χ3v) is 4.60. The van der Waals surface area contributed by atoms with E-state index in [1.165, 1.54) is 51.6 Å². The van der Waals surface area contributed by atoms with E-state index in [9.17, 15) is 0 Å². The Hall–Kier alpha value is 0.310. The number of hydrogen-bond donors (Lipinski definition) is 1. The van der Waals surface area contributed by atoms with Gasteiger partial charge < -0.3 is 5.32 Å². The first-order valence-electron chi connectivity index (χ1n) is 5.31. The summed E-state index contributed by atoms with van der Waals surface area (Å²) >= 11 is 2.27. The normalized spacial score (nSPS) is 32.5. The van der Waals surface area contributed by atoms with Crippen LogP contribution in [0.4, 0.5) is 0 Å². The van der Waals surface area contributed by atoms with Gasteiger partial charge in [-0.15, -0.1) is 0 Å². The smallest absolute Gasteiger partial charge is 0.0187 e.